The van der Waals surface area contributed by atoms with Crippen molar-refractivity contribution < 1.29 is 19.1 Å². The third-order valence-electron chi connectivity index (χ3n) is 4.58. The first-order chi connectivity index (χ1) is 14.0. The smallest absolute Gasteiger partial charge is 0.325 e. The molecule has 150 valence electrons. The highest BCUT2D eigenvalue weighted by Gasteiger charge is 2.15. The molecule has 1 aromatic heterocycles. The minimum Gasteiger partial charge on any atom is -0.494 e. The molecule has 29 heavy (non-hydrogen) atoms. The molecule has 0 fully saturated rings. The topological polar surface area (TPSA) is 81.9 Å². The van der Waals surface area contributed by atoms with Gasteiger partial charge < -0.3 is 14.0 Å². The van der Waals surface area contributed by atoms with Gasteiger partial charge in [-0.15, -0.1) is 0 Å². The van der Waals surface area contributed by atoms with Gasteiger partial charge in [-0.3, -0.25) is 9.59 Å². The van der Waals surface area contributed by atoms with Gasteiger partial charge in [-0.25, -0.2) is 5.43 Å². The summed E-state index contributed by atoms with van der Waals surface area (Å²) < 4.78 is 12.0. The summed E-state index contributed by atoms with van der Waals surface area (Å²) in [6.07, 6.45) is 1.60. The third kappa shape index (κ3) is 4.45. The Hall–Kier alpha value is -3.61. The maximum atomic E-state index is 12.3. The SMILES string of the molecule is CCOc1ccc(C(=O)N/N=C/c2c(C)n(CC(=O)OC)c3ccccc23)cc1. The molecule has 0 atom stereocenters. The second-order valence-corrected chi connectivity index (χ2v) is 6.34. The number of para-hydroxylation sites is 1. The van der Waals surface area contributed by atoms with Crippen molar-refractivity contribution in [1.29, 1.82) is 0 Å². The number of hydrogen-bond donors (Lipinski definition) is 1. The predicted molar refractivity (Wildman–Crippen MR) is 111 cm³/mol. The van der Waals surface area contributed by atoms with Crippen LogP contribution >= 0.6 is 0 Å². The predicted octanol–water partition coefficient (Wildman–Crippen LogP) is 3.29. The van der Waals surface area contributed by atoms with Gasteiger partial charge in [-0.1, -0.05) is 18.2 Å². The zero-order valence-corrected chi connectivity index (χ0v) is 16.6. The normalized spacial score (nSPS) is 11.0. The van der Waals surface area contributed by atoms with E-state index in [1.54, 1.807) is 30.5 Å². The van der Waals surface area contributed by atoms with Crippen LogP contribution in [0.1, 0.15) is 28.5 Å². The zero-order valence-electron chi connectivity index (χ0n) is 16.6. The van der Waals surface area contributed by atoms with E-state index in [0.717, 1.165) is 22.2 Å². The summed E-state index contributed by atoms with van der Waals surface area (Å²) in [5.41, 5.74) is 5.61. The molecule has 1 amide bonds. The van der Waals surface area contributed by atoms with E-state index in [9.17, 15) is 9.59 Å². The zero-order chi connectivity index (χ0) is 20.8. The quantitative estimate of drug-likeness (QED) is 0.379. The minimum absolute atomic E-state index is 0.106. The Labute approximate surface area is 168 Å². The number of ether oxygens (including phenoxy) is 2. The van der Waals surface area contributed by atoms with E-state index in [4.69, 9.17) is 9.47 Å². The number of esters is 1. The van der Waals surface area contributed by atoms with Crippen molar-refractivity contribution >= 4 is 29.0 Å². The molecule has 0 aliphatic heterocycles. The van der Waals surface area contributed by atoms with Gasteiger partial charge in [0.05, 0.1) is 19.9 Å². The van der Waals surface area contributed by atoms with Crippen molar-refractivity contribution in [3.05, 3.63) is 65.4 Å². The Morgan fingerprint density at radius 2 is 1.86 bits per heavy atom. The van der Waals surface area contributed by atoms with Crippen LogP contribution in [0.5, 0.6) is 5.75 Å². The first-order valence-electron chi connectivity index (χ1n) is 9.26. The highest BCUT2D eigenvalue weighted by molar-refractivity contribution is 6.02. The Morgan fingerprint density at radius 1 is 1.14 bits per heavy atom. The van der Waals surface area contributed by atoms with E-state index in [1.165, 1.54) is 7.11 Å². The summed E-state index contributed by atoms with van der Waals surface area (Å²) in [5, 5.41) is 5.05. The fraction of sp³-hybridized carbons (Fsp3) is 0.227. The van der Waals surface area contributed by atoms with Gasteiger partial charge in [0, 0.05) is 27.7 Å². The Bertz CT molecular complexity index is 1050. The monoisotopic (exact) mass is 393 g/mol. The van der Waals surface area contributed by atoms with Crippen LogP contribution in [0, 0.1) is 6.92 Å². The summed E-state index contributed by atoms with van der Waals surface area (Å²) in [6.45, 7) is 4.48. The first kappa shape index (κ1) is 20.1. The van der Waals surface area contributed by atoms with Gasteiger partial charge in [-0.05, 0) is 44.2 Å². The Kier molecular flexibility index (Phi) is 6.29. The van der Waals surface area contributed by atoms with Gasteiger partial charge in [0.2, 0.25) is 0 Å². The lowest BCUT2D eigenvalue weighted by Crippen LogP contribution is -2.17. The van der Waals surface area contributed by atoms with E-state index < -0.39 is 0 Å². The van der Waals surface area contributed by atoms with Crippen LogP contribution in [0.3, 0.4) is 0 Å². The lowest BCUT2D eigenvalue weighted by atomic mass is 10.1. The summed E-state index contributed by atoms with van der Waals surface area (Å²) >= 11 is 0. The number of methoxy groups -OCH3 is 1. The number of carbonyl (C=O) groups excluding carboxylic acids is 2. The maximum absolute atomic E-state index is 12.3. The van der Waals surface area contributed by atoms with Crippen LogP contribution in [0.2, 0.25) is 0 Å². The molecule has 0 saturated heterocycles. The average molecular weight is 393 g/mol. The molecular formula is C22H23N3O4. The molecule has 7 nitrogen and oxygen atoms in total. The molecule has 2 aromatic carbocycles. The van der Waals surface area contributed by atoms with Crippen molar-refractivity contribution in [2.75, 3.05) is 13.7 Å². The van der Waals surface area contributed by atoms with Crippen LogP contribution in [-0.4, -0.2) is 36.4 Å². The molecule has 0 radical (unpaired) electrons. The standard InChI is InChI=1S/C22H23N3O4/c1-4-29-17-11-9-16(10-12-17)22(27)24-23-13-19-15(2)25(14-21(26)28-3)20-8-6-5-7-18(19)20/h5-13H,4,14H2,1-3H3,(H,24,27)/b23-13+. The van der Waals surface area contributed by atoms with Crippen LogP contribution in [0.15, 0.2) is 53.6 Å². The average Bonchev–Trinajstić information content (AvgIpc) is 3.00. The van der Waals surface area contributed by atoms with Crippen molar-refractivity contribution in [2.24, 2.45) is 5.10 Å². The van der Waals surface area contributed by atoms with Crippen molar-refractivity contribution in [2.45, 2.75) is 20.4 Å². The Morgan fingerprint density at radius 3 is 2.55 bits per heavy atom. The fourth-order valence-corrected chi connectivity index (χ4v) is 3.11. The number of aromatic nitrogens is 1. The molecule has 0 spiro atoms. The summed E-state index contributed by atoms with van der Waals surface area (Å²) in [7, 11) is 1.36. The van der Waals surface area contributed by atoms with Crippen LogP contribution in [0.25, 0.3) is 10.9 Å². The van der Waals surface area contributed by atoms with Gasteiger partial charge in [-0.2, -0.15) is 5.10 Å². The summed E-state index contributed by atoms with van der Waals surface area (Å²) in [5.74, 6) is 0.0583. The number of nitrogens with zero attached hydrogens (tertiary/aromatic N) is 2. The number of rotatable bonds is 7. The van der Waals surface area contributed by atoms with Crippen molar-refractivity contribution in [3.63, 3.8) is 0 Å². The van der Waals surface area contributed by atoms with Crippen molar-refractivity contribution in [1.82, 2.24) is 9.99 Å². The van der Waals surface area contributed by atoms with Gasteiger partial charge >= 0.3 is 5.97 Å². The molecule has 0 saturated carbocycles. The molecule has 3 rings (SSSR count). The van der Waals surface area contributed by atoms with E-state index in [-0.39, 0.29) is 18.4 Å². The van der Waals surface area contributed by atoms with Gasteiger partial charge in [0.1, 0.15) is 12.3 Å². The highest BCUT2D eigenvalue weighted by Crippen LogP contribution is 2.24. The number of fused-ring (bicyclic) bond motifs is 1. The second kappa shape index (κ2) is 9.05. The lowest BCUT2D eigenvalue weighted by Gasteiger charge is -2.06. The van der Waals surface area contributed by atoms with Crippen LogP contribution in [0.4, 0.5) is 0 Å². The molecule has 3 aromatic rings. The molecule has 0 bridgehead atoms. The fourth-order valence-electron chi connectivity index (χ4n) is 3.11. The summed E-state index contributed by atoms with van der Waals surface area (Å²) in [6, 6.07) is 14.6. The van der Waals surface area contributed by atoms with Gasteiger partial charge in [0.25, 0.3) is 5.91 Å². The Balaban J connectivity index is 1.80. The third-order valence-corrected chi connectivity index (χ3v) is 4.58. The van der Waals surface area contributed by atoms with Crippen LogP contribution < -0.4 is 10.2 Å². The van der Waals surface area contributed by atoms with Crippen molar-refractivity contribution in [3.8, 4) is 5.75 Å². The number of nitrogens with one attached hydrogen (secondary N) is 1. The van der Waals surface area contributed by atoms with E-state index in [1.807, 2.05) is 42.7 Å². The minimum atomic E-state index is -0.332. The molecule has 1 heterocycles. The van der Waals surface area contributed by atoms with E-state index in [0.29, 0.717) is 17.9 Å². The molecule has 0 aliphatic carbocycles. The van der Waals surface area contributed by atoms with Gasteiger partial charge in [0.15, 0.2) is 0 Å². The molecule has 1 N–H and O–H groups in total. The highest BCUT2D eigenvalue weighted by atomic mass is 16.5. The van der Waals surface area contributed by atoms with Crippen LogP contribution in [-0.2, 0) is 16.1 Å². The van der Waals surface area contributed by atoms with E-state index >= 15 is 0 Å². The molecule has 0 aliphatic rings. The van der Waals surface area contributed by atoms with E-state index in [2.05, 4.69) is 10.5 Å². The number of benzene rings is 2. The molecule has 0 unspecified atom stereocenters. The maximum Gasteiger partial charge on any atom is 0.325 e. The lowest BCUT2D eigenvalue weighted by molar-refractivity contribution is -0.141. The number of hydrazone groups is 1. The number of amides is 1. The number of carbonyl (C=O) groups is 2. The first-order valence-corrected chi connectivity index (χ1v) is 9.26. The molecular weight excluding hydrogens is 370 g/mol. The second-order valence-electron chi connectivity index (χ2n) is 6.34. The number of hydrogen-bond acceptors (Lipinski definition) is 5. The summed E-state index contributed by atoms with van der Waals surface area (Å²) in [4.78, 5) is 24.1. The molecule has 7 heteroatoms. The largest absolute Gasteiger partial charge is 0.494 e.